The molecule has 1 heterocycles. The summed E-state index contributed by atoms with van der Waals surface area (Å²) in [6, 6.07) is 0.412. The first kappa shape index (κ1) is 13.5. The van der Waals surface area contributed by atoms with E-state index in [0.717, 1.165) is 32.7 Å². The van der Waals surface area contributed by atoms with E-state index in [-0.39, 0.29) is 5.91 Å². The molecule has 4 heteroatoms. The molecule has 1 aliphatic heterocycles. The minimum atomic E-state index is 0.178. The van der Waals surface area contributed by atoms with Gasteiger partial charge in [0.25, 0.3) is 0 Å². The monoisotopic (exact) mass is 228 g/mol. The van der Waals surface area contributed by atoms with Crippen molar-refractivity contribution in [2.45, 2.75) is 38.6 Å². The lowest BCUT2D eigenvalue weighted by atomic mass is 9.99. The highest BCUT2D eigenvalue weighted by Crippen LogP contribution is 2.19. The number of methoxy groups -OCH3 is 1. The van der Waals surface area contributed by atoms with Crippen LogP contribution in [0.5, 0.6) is 0 Å². The van der Waals surface area contributed by atoms with Crippen molar-refractivity contribution in [1.29, 1.82) is 0 Å². The number of likely N-dealkylation sites (tertiary alicyclic amines) is 1. The largest absolute Gasteiger partial charge is 0.383 e. The van der Waals surface area contributed by atoms with Gasteiger partial charge in [0.1, 0.15) is 0 Å². The Kier molecular flexibility index (Phi) is 6.42. The van der Waals surface area contributed by atoms with Gasteiger partial charge in [-0.25, -0.2) is 0 Å². The highest BCUT2D eigenvalue weighted by Gasteiger charge is 2.23. The van der Waals surface area contributed by atoms with E-state index in [0.29, 0.717) is 12.5 Å². The summed E-state index contributed by atoms with van der Waals surface area (Å²) in [5, 5.41) is 2.87. The van der Waals surface area contributed by atoms with Crippen LogP contribution in [0.15, 0.2) is 0 Å². The van der Waals surface area contributed by atoms with Crippen molar-refractivity contribution in [3.63, 3.8) is 0 Å². The molecule has 0 saturated carbocycles. The lowest BCUT2D eigenvalue weighted by molar-refractivity contribution is -0.122. The van der Waals surface area contributed by atoms with Crippen LogP contribution in [-0.4, -0.2) is 50.2 Å². The van der Waals surface area contributed by atoms with E-state index in [1.54, 1.807) is 7.11 Å². The van der Waals surface area contributed by atoms with E-state index in [1.165, 1.54) is 12.8 Å². The second-order valence-electron chi connectivity index (χ2n) is 4.34. The topological polar surface area (TPSA) is 41.6 Å². The van der Waals surface area contributed by atoms with Gasteiger partial charge in [-0.3, -0.25) is 9.69 Å². The average molecular weight is 228 g/mol. The predicted molar refractivity (Wildman–Crippen MR) is 64.4 cm³/mol. The van der Waals surface area contributed by atoms with E-state index < -0.39 is 0 Å². The van der Waals surface area contributed by atoms with E-state index in [1.807, 2.05) is 6.92 Å². The van der Waals surface area contributed by atoms with Gasteiger partial charge in [0.2, 0.25) is 5.91 Å². The third kappa shape index (κ3) is 4.49. The van der Waals surface area contributed by atoms with Crippen LogP contribution in [0.2, 0.25) is 0 Å². The van der Waals surface area contributed by atoms with Crippen LogP contribution in [0.3, 0.4) is 0 Å². The van der Waals surface area contributed by atoms with Gasteiger partial charge in [0.15, 0.2) is 0 Å². The Labute approximate surface area is 98.3 Å². The van der Waals surface area contributed by atoms with Crippen molar-refractivity contribution in [3.8, 4) is 0 Å². The van der Waals surface area contributed by atoms with Crippen molar-refractivity contribution in [2.24, 2.45) is 0 Å². The lowest BCUT2D eigenvalue weighted by Gasteiger charge is -2.35. The molecule has 1 aliphatic rings. The summed E-state index contributed by atoms with van der Waals surface area (Å²) in [4.78, 5) is 14.0. The minimum absolute atomic E-state index is 0.178. The SMILES string of the molecule is CCNC(=O)CC1CCCCN1CCOC. The third-order valence-corrected chi connectivity index (χ3v) is 3.13. The molecule has 1 atom stereocenters. The highest BCUT2D eigenvalue weighted by molar-refractivity contribution is 5.76. The first-order chi connectivity index (χ1) is 7.77. The van der Waals surface area contributed by atoms with Gasteiger partial charge in [-0.05, 0) is 26.3 Å². The first-order valence-corrected chi connectivity index (χ1v) is 6.27. The number of hydrogen-bond acceptors (Lipinski definition) is 3. The standard InChI is InChI=1S/C12H24N2O2/c1-3-13-12(15)10-11-6-4-5-7-14(11)8-9-16-2/h11H,3-10H2,1-2H3,(H,13,15). The molecule has 0 aromatic heterocycles. The van der Waals surface area contributed by atoms with Crippen LogP contribution in [0, 0.1) is 0 Å². The third-order valence-electron chi connectivity index (χ3n) is 3.13. The van der Waals surface area contributed by atoms with E-state index in [2.05, 4.69) is 10.2 Å². The van der Waals surface area contributed by atoms with Crippen LogP contribution in [-0.2, 0) is 9.53 Å². The number of ether oxygens (including phenoxy) is 1. The second-order valence-corrected chi connectivity index (χ2v) is 4.34. The van der Waals surface area contributed by atoms with Gasteiger partial charge < -0.3 is 10.1 Å². The zero-order valence-electron chi connectivity index (χ0n) is 10.5. The van der Waals surface area contributed by atoms with E-state index in [9.17, 15) is 4.79 Å². The molecule has 16 heavy (non-hydrogen) atoms. The molecule has 1 saturated heterocycles. The van der Waals surface area contributed by atoms with Crippen LogP contribution in [0.25, 0.3) is 0 Å². The summed E-state index contributed by atoms with van der Waals surface area (Å²) in [6.45, 7) is 5.49. The summed E-state index contributed by atoms with van der Waals surface area (Å²) < 4.78 is 5.10. The number of piperidine rings is 1. The van der Waals surface area contributed by atoms with Crippen LogP contribution < -0.4 is 5.32 Å². The normalized spacial score (nSPS) is 22.0. The maximum atomic E-state index is 11.6. The first-order valence-electron chi connectivity index (χ1n) is 6.27. The summed E-state index contributed by atoms with van der Waals surface area (Å²) in [5.74, 6) is 0.178. The summed E-state index contributed by atoms with van der Waals surface area (Å²) in [5.41, 5.74) is 0. The van der Waals surface area contributed by atoms with Crippen molar-refractivity contribution in [2.75, 3.05) is 33.4 Å². The van der Waals surface area contributed by atoms with Crippen molar-refractivity contribution in [1.82, 2.24) is 10.2 Å². The molecule has 0 spiro atoms. The Hall–Kier alpha value is -0.610. The van der Waals surface area contributed by atoms with Gasteiger partial charge in [-0.15, -0.1) is 0 Å². The van der Waals surface area contributed by atoms with Crippen molar-refractivity contribution in [3.05, 3.63) is 0 Å². The Bertz CT molecular complexity index is 209. The molecule has 1 rings (SSSR count). The van der Waals surface area contributed by atoms with Crippen molar-refractivity contribution >= 4 is 5.91 Å². The Morgan fingerprint density at radius 2 is 2.31 bits per heavy atom. The molecule has 0 aromatic rings. The van der Waals surface area contributed by atoms with Crippen LogP contribution >= 0.6 is 0 Å². The fraction of sp³-hybridized carbons (Fsp3) is 0.917. The summed E-state index contributed by atoms with van der Waals surface area (Å²) in [6.07, 6.45) is 4.27. The quantitative estimate of drug-likeness (QED) is 0.738. The Morgan fingerprint density at radius 1 is 1.50 bits per heavy atom. The molecule has 1 fully saturated rings. The zero-order valence-corrected chi connectivity index (χ0v) is 10.5. The van der Waals surface area contributed by atoms with Gasteiger partial charge in [0, 0.05) is 32.7 Å². The molecular formula is C12H24N2O2. The molecule has 0 radical (unpaired) electrons. The fourth-order valence-corrected chi connectivity index (χ4v) is 2.28. The number of nitrogens with zero attached hydrogens (tertiary/aromatic N) is 1. The molecule has 1 N–H and O–H groups in total. The smallest absolute Gasteiger partial charge is 0.221 e. The van der Waals surface area contributed by atoms with Gasteiger partial charge in [-0.1, -0.05) is 6.42 Å². The number of rotatable bonds is 6. The number of carbonyl (C=O) groups excluding carboxylic acids is 1. The fourth-order valence-electron chi connectivity index (χ4n) is 2.28. The maximum Gasteiger partial charge on any atom is 0.221 e. The Morgan fingerprint density at radius 3 is 3.00 bits per heavy atom. The number of amides is 1. The number of nitrogens with one attached hydrogen (secondary N) is 1. The maximum absolute atomic E-state index is 11.6. The molecule has 1 amide bonds. The molecule has 0 aromatic carbocycles. The molecule has 4 nitrogen and oxygen atoms in total. The van der Waals surface area contributed by atoms with Gasteiger partial charge in [0.05, 0.1) is 6.61 Å². The lowest BCUT2D eigenvalue weighted by Crippen LogP contribution is -2.44. The second kappa shape index (κ2) is 7.63. The average Bonchev–Trinajstić information content (AvgIpc) is 2.28. The van der Waals surface area contributed by atoms with Gasteiger partial charge >= 0.3 is 0 Å². The number of carbonyl (C=O) groups is 1. The summed E-state index contributed by atoms with van der Waals surface area (Å²) >= 11 is 0. The van der Waals surface area contributed by atoms with Crippen LogP contribution in [0.1, 0.15) is 32.6 Å². The van der Waals surface area contributed by atoms with Crippen LogP contribution in [0.4, 0.5) is 0 Å². The van der Waals surface area contributed by atoms with E-state index >= 15 is 0 Å². The molecule has 94 valence electrons. The Balaban J connectivity index is 2.37. The molecular weight excluding hydrogens is 204 g/mol. The highest BCUT2D eigenvalue weighted by atomic mass is 16.5. The van der Waals surface area contributed by atoms with E-state index in [4.69, 9.17) is 4.74 Å². The zero-order chi connectivity index (χ0) is 11.8. The minimum Gasteiger partial charge on any atom is -0.383 e. The molecule has 0 bridgehead atoms. The van der Waals surface area contributed by atoms with Gasteiger partial charge in [-0.2, -0.15) is 0 Å². The molecule has 1 unspecified atom stereocenters. The predicted octanol–water partition coefficient (Wildman–Crippen LogP) is 1.01. The van der Waals surface area contributed by atoms with Crippen molar-refractivity contribution < 1.29 is 9.53 Å². The number of hydrogen-bond donors (Lipinski definition) is 1. The molecule has 0 aliphatic carbocycles. The summed E-state index contributed by atoms with van der Waals surface area (Å²) in [7, 11) is 1.72.